The van der Waals surface area contributed by atoms with Crippen LogP contribution < -0.4 is 0 Å². The van der Waals surface area contributed by atoms with E-state index in [4.69, 9.17) is 0 Å². The molecule has 0 fully saturated rings. The van der Waals surface area contributed by atoms with Gasteiger partial charge in [0, 0.05) is 0 Å². The molecule has 0 saturated heterocycles. The summed E-state index contributed by atoms with van der Waals surface area (Å²) in [4.78, 5) is 13.7. The van der Waals surface area contributed by atoms with Crippen LogP contribution in [0.15, 0.2) is 95.5 Å². The van der Waals surface area contributed by atoms with Crippen molar-refractivity contribution in [2.24, 2.45) is 0 Å². The predicted octanol–water partition coefficient (Wildman–Crippen LogP) is 5.11. The normalized spacial score (nSPS) is 15.7. The molecule has 0 aliphatic heterocycles. The molecule has 3 aromatic carbocycles. The van der Waals surface area contributed by atoms with E-state index in [9.17, 15) is 4.79 Å². The molecule has 4 rings (SSSR count). The molecule has 2 heteroatoms. The van der Waals surface area contributed by atoms with Crippen LogP contribution in [0.25, 0.3) is 5.57 Å². The topological polar surface area (TPSA) is 17.1 Å². The van der Waals surface area contributed by atoms with E-state index >= 15 is 0 Å². The Balaban J connectivity index is 2.01. The molecule has 0 unspecified atom stereocenters. The van der Waals surface area contributed by atoms with Gasteiger partial charge < -0.3 is 0 Å². The molecule has 3 aromatic rings. The molecule has 0 heterocycles. The van der Waals surface area contributed by atoms with E-state index in [1.807, 2.05) is 54.6 Å². The number of ketones is 1. The molecule has 0 N–H and O–H groups in total. The SMILES string of the molecule is CC[Se]C1=C(c2ccccc2)C(=O)C1(c1ccccc1)c1ccccc1. The van der Waals surface area contributed by atoms with Crippen molar-refractivity contribution in [3.63, 3.8) is 0 Å². The van der Waals surface area contributed by atoms with Crippen LogP contribution in [-0.4, -0.2) is 20.7 Å². The summed E-state index contributed by atoms with van der Waals surface area (Å²) in [6, 6.07) is 30.7. The van der Waals surface area contributed by atoms with Gasteiger partial charge in [-0.2, -0.15) is 0 Å². The van der Waals surface area contributed by atoms with Gasteiger partial charge in [0.1, 0.15) is 0 Å². The molecule has 0 spiro atoms. The fourth-order valence-corrected chi connectivity index (χ4v) is 6.27. The zero-order valence-electron chi connectivity index (χ0n) is 14.7. The first-order valence-corrected chi connectivity index (χ1v) is 11.0. The van der Waals surface area contributed by atoms with Gasteiger partial charge in [-0.3, -0.25) is 0 Å². The first-order valence-electron chi connectivity index (χ1n) is 8.89. The summed E-state index contributed by atoms with van der Waals surface area (Å²) in [6.07, 6.45) is 0. The van der Waals surface area contributed by atoms with Crippen LogP contribution in [0.5, 0.6) is 0 Å². The van der Waals surface area contributed by atoms with Crippen molar-refractivity contribution in [1.29, 1.82) is 0 Å². The molecule has 1 aliphatic rings. The number of carbonyl (C=O) groups excluding carboxylic acids is 1. The van der Waals surface area contributed by atoms with Gasteiger partial charge >= 0.3 is 161 Å². The average molecular weight is 403 g/mol. The number of hydrogen-bond donors (Lipinski definition) is 0. The minimum atomic E-state index is -0.621. The van der Waals surface area contributed by atoms with E-state index in [0.717, 1.165) is 27.6 Å². The van der Waals surface area contributed by atoms with Crippen LogP contribution >= 0.6 is 0 Å². The summed E-state index contributed by atoms with van der Waals surface area (Å²) in [5.41, 5.74) is 3.52. The standard InChI is InChI=1S/C24H20OSe/c1-2-26-23-21(18-12-6-3-7-13-18)22(25)24(23,19-14-8-4-9-15-19)20-16-10-5-11-17-20/h3-17H,2H2,1H3. The van der Waals surface area contributed by atoms with Crippen LogP contribution in [0.2, 0.25) is 5.32 Å². The zero-order chi connectivity index (χ0) is 18.0. The Morgan fingerprint density at radius 2 is 1.19 bits per heavy atom. The number of hydrogen-bond acceptors (Lipinski definition) is 1. The number of benzene rings is 3. The van der Waals surface area contributed by atoms with E-state index in [2.05, 4.69) is 43.3 Å². The summed E-state index contributed by atoms with van der Waals surface area (Å²) in [5.74, 6) is 0.228. The first kappa shape index (κ1) is 17.0. The Morgan fingerprint density at radius 3 is 1.65 bits per heavy atom. The Bertz CT molecular complexity index is 904. The Morgan fingerprint density at radius 1 is 0.731 bits per heavy atom. The third-order valence-electron chi connectivity index (χ3n) is 4.90. The van der Waals surface area contributed by atoms with Gasteiger partial charge in [-0.25, -0.2) is 0 Å². The quantitative estimate of drug-likeness (QED) is 0.541. The number of carbonyl (C=O) groups is 1. The number of rotatable bonds is 5. The average Bonchev–Trinajstić information content (AvgIpc) is 2.71. The Labute approximate surface area is 160 Å². The van der Waals surface area contributed by atoms with Crippen LogP contribution in [0.1, 0.15) is 23.6 Å². The summed E-state index contributed by atoms with van der Waals surface area (Å²) in [7, 11) is 0. The molecule has 128 valence electrons. The molecule has 0 atom stereocenters. The summed E-state index contributed by atoms with van der Waals surface area (Å²) < 4.78 is 1.31. The molecule has 26 heavy (non-hydrogen) atoms. The third-order valence-corrected chi connectivity index (χ3v) is 7.18. The van der Waals surface area contributed by atoms with E-state index in [1.165, 1.54) is 4.47 Å². The fraction of sp³-hybridized carbons (Fsp3) is 0.125. The molecular formula is C24H20OSe. The maximum absolute atomic E-state index is 13.7. The summed E-state index contributed by atoms with van der Waals surface area (Å²) >= 11 is 0.269. The summed E-state index contributed by atoms with van der Waals surface area (Å²) in [5, 5.41) is 1.08. The number of Topliss-reactive ketones (excluding diaryl/α,β-unsaturated/α-hetero) is 1. The Kier molecular flexibility index (Phi) is 4.63. The predicted molar refractivity (Wildman–Crippen MR) is 108 cm³/mol. The van der Waals surface area contributed by atoms with Crippen LogP contribution in [-0.2, 0) is 10.2 Å². The van der Waals surface area contributed by atoms with Crippen molar-refractivity contribution in [3.05, 3.63) is 112 Å². The monoisotopic (exact) mass is 404 g/mol. The van der Waals surface area contributed by atoms with Crippen molar-refractivity contribution in [2.75, 3.05) is 0 Å². The second kappa shape index (κ2) is 7.07. The van der Waals surface area contributed by atoms with E-state index in [1.54, 1.807) is 0 Å². The third kappa shape index (κ3) is 2.49. The van der Waals surface area contributed by atoms with Gasteiger partial charge in [-0.15, -0.1) is 0 Å². The Hall–Kier alpha value is -2.41. The fourth-order valence-electron chi connectivity index (χ4n) is 3.78. The molecule has 0 radical (unpaired) electrons. The van der Waals surface area contributed by atoms with Gasteiger partial charge in [-0.1, -0.05) is 0 Å². The zero-order valence-corrected chi connectivity index (χ0v) is 16.4. The minimum absolute atomic E-state index is 0.228. The van der Waals surface area contributed by atoms with Crippen LogP contribution in [0.3, 0.4) is 0 Å². The van der Waals surface area contributed by atoms with Gasteiger partial charge in [-0.05, 0) is 0 Å². The molecule has 0 aromatic heterocycles. The van der Waals surface area contributed by atoms with Crippen molar-refractivity contribution < 1.29 is 4.79 Å². The molecule has 1 aliphatic carbocycles. The maximum atomic E-state index is 13.7. The van der Waals surface area contributed by atoms with Gasteiger partial charge in [0.2, 0.25) is 0 Å². The number of allylic oxidation sites excluding steroid dienone is 2. The van der Waals surface area contributed by atoms with Crippen LogP contribution in [0, 0.1) is 0 Å². The molecule has 1 nitrogen and oxygen atoms in total. The second-order valence-electron chi connectivity index (χ2n) is 6.31. The van der Waals surface area contributed by atoms with E-state index in [-0.39, 0.29) is 20.7 Å². The van der Waals surface area contributed by atoms with Crippen LogP contribution in [0.4, 0.5) is 0 Å². The van der Waals surface area contributed by atoms with Gasteiger partial charge in [0.15, 0.2) is 0 Å². The molecule has 0 amide bonds. The van der Waals surface area contributed by atoms with Gasteiger partial charge in [0.25, 0.3) is 0 Å². The van der Waals surface area contributed by atoms with E-state index in [0.29, 0.717) is 0 Å². The van der Waals surface area contributed by atoms with Crippen molar-refractivity contribution in [3.8, 4) is 0 Å². The molecule has 0 saturated carbocycles. The van der Waals surface area contributed by atoms with Crippen molar-refractivity contribution >= 4 is 26.3 Å². The first-order chi connectivity index (χ1) is 12.8. The molecule has 0 bridgehead atoms. The second-order valence-corrected chi connectivity index (χ2v) is 8.99. The van der Waals surface area contributed by atoms with Crippen molar-refractivity contribution in [1.82, 2.24) is 0 Å². The summed E-state index contributed by atoms with van der Waals surface area (Å²) in [6.45, 7) is 2.21. The molecular weight excluding hydrogens is 383 g/mol. The van der Waals surface area contributed by atoms with Crippen molar-refractivity contribution in [2.45, 2.75) is 17.7 Å². The van der Waals surface area contributed by atoms with E-state index < -0.39 is 5.41 Å². The van der Waals surface area contributed by atoms with Gasteiger partial charge in [0.05, 0.1) is 0 Å².